The van der Waals surface area contributed by atoms with Crippen molar-refractivity contribution in [3.63, 3.8) is 0 Å². The molecule has 0 atom stereocenters. The quantitative estimate of drug-likeness (QED) is 0.124. The molecule has 0 aliphatic rings. The maximum absolute atomic E-state index is 11.5. The molecule has 0 fully saturated rings. The second kappa shape index (κ2) is 20.7. The van der Waals surface area contributed by atoms with E-state index in [1.54, 1.807) is 0 Å². The molecule has 0 aliphatic carbocycles. The van der Waals surface area contributed by atoms with Crippen molar-refractivity contribution in [2.45, 2.75) is 122 Å². The third kappa shape index (κ3) is 21.5. The van der Waals surface area contributed by atoms with Crippen LogP contribution < -0.4 is 0 Å². The van der Waals surface area contributed by atoms with Gasteiger partial charge >= 0.3 is 5.97 Å². The summed E-state index contributed by atoms with van der Waals surface area (Å²) in [5.74, 6) is -0.151. The lowest BCUT2D eigenvalue weighted by Crippen LogP contribution is -2.06. The molecule has 0 heterocycles. The third-order valence-corrected chi connectivity index (χ3v) is 4.95. The van der Waals surface area contributed by atoms with Crippen LogP contribution in [0, 0.1) is 0 Å². The summed E-state index contributed by atoms with van der Waals surface area (Å²) in [5, 5.41) is -0.372. The molecule has 4 heteroatoms. The van der Waals surface area contributed by atoms with Crippen LogP contribution >= 0.6 is 11.6 Å². The maximum atomic E-state index is 11.5. The number of ether oxygens (including phenoxy) is 1. The Morgan fingerprint density at radius 3 is 1.46 bits per heavy atom. The zero-order valence-corrected chi connectivity index (χ0v) is 17.8. The number of hydrogen-bond donors (Lipinski definition) is 0. The highest BCUT2D eigenvalue weighted by molar-refractivity contribution is 6.63. The summed E-state index contributed by atoms with van der Waals surface area (Å²) in [6, 6.07) is 0. The van der Waals surface area contributed by atoms with Gasteiger partial charge in [-0.2, -0.15) is 0 Å². The zero-order chi connectivity index (χ0) is 19.3. The van der Waals surface area contributed by atoms with Gasteiger partial charge in [0.05, 0.1) is 6.61 Å². The van der Waals surface area contributed by atoms with E-state index >= 15 is 0 Å². The van der Waals surface area contributed by atoms with E-state index in [1.807, 2.05) is 0 Å². The minimum Gasteiger partial charge on any atom is -0.466 e. The summed E-state index contributed by atoms with van der Waals surface area (Å²) in [6.07, 6.45) is 21.1. The van der Waals surface area contributed by atoms with Crippen LogP contribution in [-0.2, 0) is 14.3 Å². The van der Waals surface area contributed by atoms with Crippen LogP contribution in [0.15, 0.2) is 0 Å². The van der Waals surface area contributed by atoms with E-state index in [0.717, 1.165) is 12.8 Å². The first-order valence-corrected chi connectivity index (χ1v) is 11.4. The van der Waals surface area contributed by atoms with E-state index in [1.165, 1.54) is 83.5 Å². The standard InChI is InChI=1S/C22H41ClO3/c1-2-3-4-5-6-7-8-9-10-11-12-13-14-15-16-19-22(25)26-20-17-18-21(23)24/h2-20H2,1H3. The monoisotopic (exact) mass is 388 g/mol. The second-order valence-electron chi connectivity index (χ2n) is 7.38. The molecule has 0 aromatic rings. The van der Waals surface area contributed by atoms with Crippen LogP contribution in [0.3, 0.4) is 0 Å². The normalized spacial score (nSPS) is 10.8. The first kappa shape index (κ1) is 25.4. The number of unbranched alkanes of at least 4 members (excludes halogenated alkanes) is 14. The number of halogens is 1. The predicted octanol–water partition coefficient (Wildman–Crippen LogP) is 7.34. The smallest absolute Gasteiger partial charge is 0.305 e. The Kier molecular flexibility index (Phi) is 20.3. The molecule has 0 unspecified atom stereocenters. The van der Waals surface area contributed by atoms with E-state index in [-0.39, 0.29) is 17.6 Å². The van der Waals surface area contributed by atoms with Gasteiger partial charge in [0.1, 0.15) is 0 Å². The lowest BCUT2D eigenvalue weighted by molar-refractivity contribution is -0.144. The van der Waals surface area contributed by atoms with Crippen molar-refractivity contribution in [2.75, 3.05) is 6.61 Å². The van der Waals surface area contributed by atoms with Crippen molar-refractivity contribution < 1.29 is 14.3 Å². The topological polar surface area (TPSA) is 43.4 Å². The van der Waals surface area contributed by atoms with Crippen LogP contribution in [0.5, 0.6) is 0 Å². The Morgan fingerprint density at radius 1 is 0.615 bits per heavy atom. The van der Waals surface area contributed by atoms with Crippen molar-refractivity contribution in [3.8, 4) is 0 Å². The summed E-state index contributed by atoms with van der Waals surface area (Å²) in [4.78, 5) is 22.0. The first-order valence-electron chi connectivity index (χ1n) is 11.0. The highest BCUT2D eigenvalue weighted by atomic mass is 35.5. The van der Waals surface area contributed by atoms with Crippen molar-refractivity contribution in [1.82, 2.24) is 0 Å². The Labute approximate surface area is 166 Å². The van der Waals surface area contributed by atoms with Gasteiger partial charge in [-0.25, -0.2) is 0 Å². The maximum Gasteiger partial charge on any atom is 0.305 e. The van der Waals surface area contributed by atoms with Crippen molar-refractivity contribution >= 4 is 22.8 Å². The molecule has 0 saturated heterocycles. The van der Waals surface area contributed by atoms with Gasteiger partial charge in [-0.1, -0.05) is 96.8 Å². The Bertz CT molecular complexity index is 331. The van der Waals surface area contributed by atoms with Crippen molar-refractivity contribution in [1.29, 1.82) is 0 Å². The molecule has 26 heavy (non-hydrogen) atoms. The van der Waals surface area contributed by atoms with Gasteiger partial charge < -0.3 is 4.74 Å². The van der Waals surface area contributed by atoms with Crippen LogP contribution in [-0.4, -0.2) is 17.8 Å². The third-order valence-electron chi connectivity index (χ3n) is 4.77. The summed E-state index contributed by atoms with van der Waals surface area (Å²) in [7, 11) is 0. The zero-order valence-electron chi connectivity index (χ0n) is 17.0. The van der Waals surface area contributed by atoms with Crippen LogP contribution in [0.1, 0.15) is 122 Å². The molecule has 0 N–H and O–H groups in total. The Morgan fingerprint density at radius 2 is 1.04 bits per heavy atom. The molecule has 0 spiro atoms. The predicted molar refractivity (Wildman–Crippen MR) is 111 cm³/mol. The largest absolute Gasteiger partial charge is 0.466 e. The summed E-state index contributed by atoms with van der Waals surface area (Å²) in [6.45, 7) is 2.57. The molecule has 0 amide bonds. The highest BCUT2D eigenvalue weighted by Gasteiger charge is 2.03. The van der Waals surface area contributed by atoms with E-state index in [0.29, 0.717) is 19.4 Å². The molecule has 0 bridgehead atoms. The number of carbonyl (C=O) groups is 2. The number of hydrogen-bond acceptors (Lipinski definition) is 3. The summed E-state index contributed by atoms with van der Waals surface area (Å²) in [5.41, 5.74) is 0. The molecule has 0 aliphatic heterocycles. The van der Waals surface area contributed by atoms with Crippen LogP contribution in [0.4, 0.5) is 0 Å². The highest BCUT2D eigenvalue weighted by Crippen LogP contribution is 2.13. The fourth-order valence-corrected chi connectivity index (χ4v) is 3.24. The van der Waals surface area contributed by atoms with Gasteiger partial charge in [0.15, 0.2) is 0 Å². The molecule has 0 aromatic heterocycles. The number of rotatable bonds is 20. The average Bonchev–Trinajstić information content (AvgIpc) is 2.62. The summed E-state index contributed by atoms with van der Waals surface area (Å²) < 4.78 is 5.06. The van der Waals surface area contributed by atoms with E-state index < -0.39 is 0 Å². The van der Waals surface area contributed by atoms with Gasteiger partial charge in [0, 0.05) is 12.8 Å². The number of carbonyl (C=O) groups excluding carboxylic acids is 2. The minimum absolute atomic E-state index is 0.151. The van der Waals surface area contributed by atoms with Gasteiger partial charge in [-0.05, 0) is 24.4 Å². The molecule has 0 radical (unpaired) electrons. The Hall–Kier alpha value is -0.570. The molecule has 0 aromatic carbocycles. The first-order chi connectivity index (χ1) is 12.7. The van der Waals surface area contributed by atoms with Crippen molar-refractivity contribution in [2.24, 2.45) is 0 Å². The lowest BCUT2D eigenvalue weighted by Gasteiger charge is -2.04. The van der Waals surface area contributed by atoms with Gasteiger partial charge in [-0.3, -0.25) is 9.59 Å². The van der Waals surface area contributed by atoms with Crippen LogP contribution in [0.2, 0.25) is 0 Å². The fourth-order valence-electron chi connectivity index (χ4n) is 3.11. The molecule has 0 rings (SSSR count). The molecule has 3 nitrogen and oxygen atoms in total. The van der Waals surface area contributed by atoms with Crippen molar-refractivity contribution in [3.05, 3.63) is 0 Å². The Balaban J connectivity index is 3.12. The van der Waals surface area contributed by atoms with Gasteiger partial charge in [0.2, 0.25) is 5.24 Å². The van der Waals surface area contributed by atoms with E-state index in [9.17, 15) is 9.59 Å². The van der Waals surface area contributed by atoms with E-state index in [2.05, 4.69) is 6.92 Å². The minimum atomic E-state index is -0.372. The lowest BCUT2D eigenvalue weighted by atomic mass is 10.0. The van der Waals surface area contributed by atoms with Gasteiger partial charge in [0.25, 0.3) is 0 Å². The molecular weight excluding hydrogens is 348 g/mol. The molecule has 0 saturated carbocycles. The number of esters is 1. The fraction of sp³-hybridized carbons (Fsp3) is 0.909. The average molecular weight is 389 g/mol. The second-order valence-corrected chi connectivity index (χ2v) is 7.80. The van der Waals surface area contributed by atoms with Gasteiger partial charge in [-0.15, -0.1) is 0 Å². The van der Waals surface area contributed by atoms with Crippen LogP contribution in [0.25, 0.3) is 0 Å². The molecular formula is C22H41ClO3. The van der Waals surface area contributed by atoms with E-state index in [4.69, 9.17) is 16.3 Å². The summed E-state index contributed by atoms with van der Waals surface area (Å²) >= 11 is 5.22. The molecule has 154 valence electrons. The SMILES string of the molecule is CCCCCCCCCCCCCCCCCC(=O)OCCCC(=O)Cl.